The Balaban J connectivity index is 0.000000304. The molecular formula is C10H9Cl2NO4. The Morgan fingerprint density at radius 1 is 1.00 bits per heavy atom. The van der Waals surface area contributed by atoms with E-state index in [1.807, 2.05) is 30.3 Å². The maximum absolute atomic E-state index is 9.55. The molecule has 5 nitrogen and oxygen atoms in total. The molecule has 0 saturated carbocycles. The Morgan fingerprint density at radius 2 is 1.41 bits per heavy atom. The number of hydrogen-bond donors (Lipinski definition) is 2. The zero-order valence-corrected chi connectivity index (χ0v) is 9.97. The molecule has 1 rings (SSSR count). The van der Waals surface area contributed by atoms with Gasteiger partial charge in [0.1, 0.15) is 0 Å². The summed E-state index contributed by atoms with van der Waals surface area (Å²) in [4.78, 5) is 19.1. The maximum atomic E-state index is 9.55. The summed E-state index contributed by atoms with van der Waals surface area (Å²) in [5.41, 5.74) is 0.779. The van der Waals surface area contributed by atoms with Gasteiger partial charge in [0, 0.05) is 35.7 Å². The fraction of sp³-hybridized carbons (Fsp3) is 0. The van der Waals surface area contributed by atoms with Crippen LogP contribution in [-0.4, -0.2) is 22.2 Å². The van der Waals surface area contributed by atoms with Gasteiger partial charge < -0.3 is 10.2 Å². The highest BCUT2D eigenvalue weighted by atomic mass is 35.5. The third kappa shape index (κ3) is 9.22. The van der Waals surface area contributed by atoms with Crippen LogP contribution in [0.4, 0.5) is 5.69 Å². The Hall–Kier alpha value is -1.72. The number of halogens is 2. The first-order chi connectivity index (χ1) is 7.93. The first-order valence-corrected chi connectivity index (χ1v) is 4.91. The molecule has 0 radical (unpaired) electrons. The minimum atomic E-state index is -1.26. The van der Waals surface area contributed by atoms with E-state index >= 15 is 0 Å². The fourth-order valence-electron chi connectivity index (χ4n) is 0.683. The Bertz CT molecular complexity index is 377. The maximum Gasteiger partial charge on any atom is 0.328 e. The van der Waals surface area contributed by atoms with Crippen molar-refractivity contribution in [3.05, 3.63) is 42.5 Å². The van der Waals surface area contributed by atoms with Crippen molar-refractivity contribution in [1.29, 1.82) is 0 Å². The van der Waals surface area contributed by atoms with Crippen LogP contribution in [0.3, 0.4) is 0 Å². The molecule has 2 N–H and O–H groups in total. The molecule has 0 heterocycles. The average Bonchev–Trinajstić information content (AvgIpc) is 2.28. The predicted molar refractivity (Wildman–Crippen MR) is 65.0 cm³/mol. The van der Waals surface area contributed by atoms with Crippen LogP contribution in [0.5, 0.6) is 0 Å². The zero-order valence-electron chi connectivity index (χ0n) is 8.46. The molecule has 0 unspecified atom stereocenters. The third-order valence-electron chi connectivity index (χ3n) is 1.32. The van der Waals surface area contributed by atoms with Gasteiger partial charge in [-0.25, -0.2) is 9.59 Å². The topological polar surface area (TPSA) is 77.8 Å². The summed E-state index contributed by atoms with van der Waals surface area (Å²) >= 11 is 10.8. The Labute approximate surface area is 108 Å². The smallest absolute Gasteiger partial charge is 0.328 e. The molecule has 1 aromatic rings. The van der Waals surface area contributed by atoms with E-state index in [-0.39, 0.29) is 0 Å². The minimum Gasteiger partial charge on any atom is -0.478 e. The number of hydrogen-bond acceptors (Lipinski definition) is 3. The first-order valence-electron chi connectivity index (χ1n) is 4.24. The summed E-state index contributed by atoms with van der Waals surface area (Å²) in [5, 5.41) is 15.6. The molecule has 0 spiro atoms. The number of carboxylic acids is 2. The number of para-hydroxylation sites is 1. The van der Waals surface area contributed by atoms with E-state index in [0.717, 1.165) is 9.63 Å². The Morgan fingerprint density at radius 3 is 1.65 bits per heavy atom. The lowest BCUT2D eigenvalue weighted by Crippen LogP contribution is -1.91. The van der Waals surface area contributed by atoms with Crippen LogP contribution in [0.25, 0.3) is 0 Å². The van der Waals surface area contributed by atoms with Gasteiger partial charge in [0.25, 0.3) is 0 Å². The summed E-state index contributed by atoms with van der Waals surface area (Å²) in [6.07, 6.45) is 1.12. The molecule has 0 atom stereocenters. The van der Waals surface area contributed by atoms with Crippen LogP contribution in [0.1, 0.15) is 0 Å². The van der Waals surface area contributed by atoms with Crippen LogP contribution in [0.2, 0.25) is 0 Å². The number of anilines is 1. The molecule has 0 bridgehead atoms. The summed E-state index contributed by atoms with van der Waals surface area (Å²) in [7, 11) is 0. The van der Waals surface area contributed by atoms with Crippen LogP contribution >= 0.6 is 23.6 Å². The number of rotatable bonds is 3. The zero-order chi connectivity index (χ0) is 13.3. The number of nitrogens with zero attached hydrogens (tertiary/aromatic N) is 1. The Kier molecular flexibility index (Phi) is 7.58. The van der Waals surface area contributed by atoms with Crippen LogP contribution in [-0.2, 0) is 9.59 Å². The fourth-order valence-corrected chi connectivity index (χ4v) is 0.909. The summed E-state index contributed by atoms with van der Waals surface area (Å²) < 4.78 is 1.03. The third-order valence-corrected chi connectivity index (χ3v) is 1.71. The van der Waals surface area contributed by atoms with Crippen LogP contribution < -0.4 is 3.94 Å². The lowest BCUT2D eigenvalue weighted by Gasteiger charge is -2.02. The average molecular weight is 278 g/mol. The molecule has 0 amide bonds. The van der Waals surface area contributed by atoms with Crippen molar-refractivity contribution in [3.8, 4) is 0 Å². The van der Waals surface area contributed by atoms with Gasteiger partial charge in [0.2, 0.25) is 0 Å². The largest absolute Gasteiger partial charge is 0.478 e. The van der Waals surface area contributed by atoms with E-state index in [1.165, 1.54) is 0 Å². The highest BCUT2D eigenvalue weighted by molar-refractivity contribution is 6.49. The second-order valence-electron chi connectivity index (χ2n) is 2.58. The molecule has 0 aliphatic rings. The van der Waals surface area contributed by atoms with Gasteiger partial charge in [-0.2, -0.15) is 3.94 Å². The molecule has 1 aromatic carbocycles. The molecule has 0 fully saturated rings. The lowest BCUT2D eigenvalue weighted by molar-refractivity contribution is -0.134. The highest BCUT2D eigenvalue weighted by Crippen LogP contribution is 2.16. The molecule has 17 heavy (non-hydrogen) atoms. The van der Waals surface area contributed by atoms with Gasteiger partial charge in [0.15, 0.2) is 0 Å². The number of benzene rings is 1. The van der Waals surface area contributed by atoms with Gasteiger partial charge >= 0.3 is 11.9 Å². The quantitative estimate of drug-likeness (QED) is 0.656. The number of carboxylic acid groups (broad SMARTS) is 2. The van der Waals surface area contributed by atoms with E-state index in [2.05, 4.69) is 0 Å². The van der Waals surface area contributed by atoms with Crippen molar-refractivity contribution in [2.24, 2.45) is 0 Å². The van der Waals surface area contributed by atoms with Gasteiger partial charge in [-0.05, 0) is 12.1 Å². The van der Waals surface area contributed by atoms with E-state index < -0.39 is 11.9 Å². The predicted octanol–water partition coefficient (Wildman–Crippen LogP) is 2.51. The lowest BCUT2D eigenvalue weighted by atomic mass is 10.3. The van der Waals surface area contributed by atoms with Gasteiger partial charge in [-0.1, -0.05) is 18.2 Å². The minimum absolute atomic E-state index is 0.558. The highest BCUT2D eigenvalue weighted by Gasteiger charge is 1.93. The number of aliphatic carboxylic acids is 2. The van der Waals surface area contributed by atoms with Crippen LogP contribution in [0, 0.1) is 0 Å². The van der Waals surface area contributed by atoms with E-state index in [4.69, 9.17) is 33.8 Å². The van der Waals surface area contributed by atoms with Gasteiger partial charge in [0.05, 0.1) is 5.69 Å². The molecule has 7 heteroatoms. The van der Waals surface area contributed by atoms with Gasteiger partial charge in [-0.15, -0.1) is 0 Å². The second kappa shape index (κ2) is 8.43. The summed E-state index contributed by atoms with van der Waals surface area (Å²) in [6.45, 7) is 0. The summed E-state index contributed by atoms with van der Waals surface area (Å²) in [6, 6.07) is 9.28. The monoisotopic (exact) mass is 277 g/mol. The van der Waals surface area contributed by atoms with Crippen molar-refractivity contribution in [2.45, 2.75) is 0 Å². The molecule has 0 aliphatic carbocycles. The standard InChI is InChI=1S/C6H5Cl2N.C4H4O4/c7-9(8)6-4-2-1-3-5-6;5-3(6)1-2-4(7)8/h1-5H;1-2H,(H,5,6)(H,7,8). The van der Waals surface area contributed by atoms with Crippen molar-refractivity contribution < 1.29 is 19.8 Å². The SMILES string of the molecule is ClN(Cl)c1ccccc1.O=C(O)C=CC(=O)O. The molecule has 0 aromatic heterocycles. The second-order valence-corrected chi connectivity index (χ2v) is 3.43. The molecule has 0 aliphatic heterocycles. The van der Waals surface area contributed by atoms with Crippen molar-refractivity contribution >= 4 is 41.2 Å². The van der Waals surface area contributed by atoms with Crippen molar-refractivity contribution in [2.75, 3.05) is 3.94 Å². The van der Waals surface area contributed by atoms with E-state index in [9.17, 15) is 9.59 Å². The van der Waals surface area contributed by atoms with E-state index in [1.54, 1.807) is 0 Å². The summed E-state index contributed by atoms with van der Waals surface area (Å²) in [5.74, 6) is -2.51. The van der Waals surface area contributed by atoms with E-state index in [0.29, 0.717) is 12.2 Å². The normalized spacial score (nSPS) is 9.29. The molecular weight excluding hydrogens is 269 g/mol. The van der Waals surface area contributed by atoms with Crippen LogP contribution in [0.15, 0.2) is 42.5 Å². The van der Waals surface area contributed by atoms with Gasteiger partial charge in [-0.3, -0.25) is 0 Å². The van der Waals surface area contributed by atoms with Crippen molar-refractivity contribution in [3.63, 3.8) is 0 Å². The first kappa shape index (κ1) is 15.3. The molecule has 0 saturated heterocycles. The van der Waals surface area contributed by atoms with Crippen molar-refractivity contribution in [1.82, 2.24) is 0 Å². The molecule has 92 valence electrons. The number of carbonyl (C=O) groups is 2.